The van der Waals surface area contributed by atoms with Crippen LogP contribution in [0, 0.1) is 0 Å². The van der Waals surface area contributed by atoms with Crippen LogP contribution in [0.15, 0.2) is 24.4 Å². The highest BCUT2D eigenvalue weighted by molar-refractivity contribution is 7.99. The summed E-state index contributed by atoms with van der Waals surface area (Å²) in [4.78, 5) is 36.4. The van der Waals surface area contributed by atoms with E-state index in [2.05, 4.69) is 9.88 Å². The van der Waals surface area contributed by atoms with Gasteiger partial charge in [-0.05, 0) is 56.2 Å². The van der Waals surface area contributed by atoms with Gasteiger partial charge in [0.15, 0.2) is 0 Å². The minimum absolute atomic E-state index is 0.0288. The number of amides is 3. The molecule has 1 aromatic rings. The average molecular weight is 389 g/mol. The summed E-state index contributed by atoms with van der Waals surface area (Å²) >= 11 is 2.04. The Morgan fingerprint density at radius 1 is 1.19 bits per heavy atom. The highest BCUT2D eigenvalue weighted by Gasteiger charge is 2.57. The molecule has 3 saturated heterocycles. The van der Waals surface area contributed by atoms with Crippen molar-refractivity contribution in [2.75, 3.05) is 31.1 Å². The van der Waals surface area contributed by atoms with Crippen LogP contribution in [0.1, 0.15) is 38.3 Å². The Hall–Kier alpha value is -1.60. The molecule has 7 heteroatoms. The number of urea groups is 1. The number of nitrogens with zero attached hydrogens (tertiary/aromatic N) is 4. The lowest BCUT2D eigenvalue weighted by atomic mass is 9.85. The van der Waals surface area contributed by atoms with Crippen LogP contribution in [-0.2, 0) is 11.3 Å². The first kappa shape index (κ1) is 18.7. The monoisotopic (exact) mass is 388 g/mol. The molecule has 0 aliphatic carbocycles. The van der Waals surface area contributed by atoms with Gasteiger partial charge in [-0.2, -0.15) is 11.8 Å². The van der Waals surface area contributed by atoms with E-state index in [9.17, 15) is 9.59 Å². The smallest absolute Gasteiger partial charge is 0.310 e. The second-order valence-electron chi connectivity index (χ2n) is 7.65. The minimum Gasteiger partial charge on any atom is -0.310 e. The summed E-state index contributed by atoms with van der Waals surface area (Å²) in [6.07, 6.45) is 5.68. The predicted molar refractivity (Wildman–Crippen MR) is 106 cm³/mol. The van der Waals surface area contributed by atoms with Crippen LogP contribution in [0.5, 0.6) is 0 Å². The highest BCUT2D eigenvalue weighted by atomic mass is 32.2. The SMILES string of the molecule is CCN1C(=O)N(Cc2ccccn2)C(=O)C12CCN(C1CCSCC1)CC2. The van der Waals surface area contributed by atoms with Gasteiger partial charge in [-0.25, -0.2) is 4.79 Å². The van der Waals surface area contributed by atoms with Gasteiger partial charge >= 0.3 is 6.03 Å². The van der Waals surface area contributed by atoms with E-state index in [1.165, 1.54) is 29.2 Å². The first-order chi connectivity index (χ1) is 13.2. The number of carbonyl (C=O) groups excluding carboxylic acids is 2. The number of aromatic nitrogens is 1. The van der Waals surface area contributed by atoms with Gasteiger partial charge in [-0.3, -0.25) is 14.7 Å². The minimum atomic E-state index is -0.652. The van der Waals surface area contributed by atoms with Crippen LogP contribution >= 0.6 is 11.8 Å². The summed E-state index contributed by atoms with van der Waals surface area (Å²) in [6, 6.07) is 6.09. The molecule has 27 heavy (non-hydrogen) atoms. The summed E-state index contributed by atoms with van der Waals surface area (Å²) in [5, 5.41) is 0. The van der Waals surface area contributed by atoms with Gasteiger partial charge < -0.3 is 9.80 Å². The van der Waals surface area contributed by atoms with Gasteiger partial charge in [0.25, 0.3) is 5.91 Å². The summed E-state index contributed by atoms with van der Waals surface area (Å²) < 4.78 is 0. The predicted octanol–water partition coefficient (Wildman–Crippen LogP) is 2.60. The molecule has 4 heterocycles. The van der Waals surface area contributed by atoms with Crippen LogP contribution in [-0.4, -0.2) is 74.3 Å². The van der Waals surface area contributed by atoms with Crippen molar-refractivity contribution in [2.45, 2.75) is 50.7 Å². The van der Waals surface area contributed by atoms with Crippen molar-refractivity contribution in [3.63, 3.8) is 0 Å². The molecule has 4 rings (SSSR count). The van der Waals surface area contributed by atoms with Gasteiger partial charge in [0, 0.05) is 31.9 Å². The van der Waals surface area contributed by atoms with Crippen molar-refractivity contribution in [1.82, 2.24) is 19.7 Å². The maximum atomic E-state index is 13.4. The van der Waals surface area contributed by atoms with E-state index in [0.717, 1.165) is 31.6 Å². The normalized spacial score (nSPS) is 24.2. The molecule has 6 nitrogen and oxygen atoms in total. The maximum Gasteiger partial charge on any atom is 0.328 e. The van der Waals surface area contributed by atoms with Gasteiger partial charge in [-0.1, -0.05) is 6.07 Å². The Morgan fingerprint density at radius 3 is 2.56 bits per heavy atom. The van der Waals surface area contributed by atoms with Crippen molar-refractivity contribution in [3.8, 4) is 0 Å². The van der Waals surface area contributed by atoms with E-state index in [0.29, 0.717) is 12.6 Å². The van der Waals surface area contributed by atoms with Gasteiger partial charge in [0.1, 0.15) is 5.54 Å². The van der Waals surface area contributed by atoms with E-state index in [-0.39, 0.29) is 18.5 Å². The molecule has 0 radical (unpaired) electrons. The molecule has 3 fully saturated rings. The van der Waals surface area contributed by atoms with Crippen LogP contribution in [0.3, 0.4) is 0 Å². The summed E-state index contributed by atoms with van der Waals surface area (Å²) in [5.41, 5.74) is 0.102. The van der Waals surface area contributed by atoms with Gasteiger partial charge in [-0.15, -0.1) is 0 Å². The van der Waals surface area contributed by atoms with E-state index in [4.69, 9.17) is 0 Å². The van der Waals surface area contributed by atoms with Crippen molar-refractivity contribution in [3.05, 3.63) is 30.1 Å². The fraction of sp³-hybridized carbons (Fsp3) is 0.650. The largest absolute Gasteiger partial charge is 0.328 e. The molecule has 0 bridgehead atoms. The third kappa shape index (κ3) is 3.36. The second-order valence-corrected chi connectivity index (χ2v) is 8.88. The van der Waals surface area contributed by atoms with Crippen molar-refractivity contribution in [1.29, 1.82) is 0 Å². The van der Waals surface area contributed by atoms with Crippen LogP contribution in [0.2, 0.25) is 0 Å². The molecule has 1 spiro atoms. The lowest BCUT2D eigenvalue weighted by Gasteiger charge is -2.45. The van der Waals surface area contributed by atoms with Crippen LogP contribution in [0.4, 0.5) is 4.79 Å². The van der Waals surface area contributed by atoms with Crippen molar-refractivity contribution < 1.29 is 9.59 Å². The molecule has 146 valence electrons. The van der Waals surface area contributed by atoms with Crippen molar-refractivity contribution >= 4 is 23.7 Å². The molecule has 1 aromatic heterocycles. The average Bonchev–Trinajstić information content (AvgIpc) is 2.91. The zero-order valence-corrected chi connectivity index (χ0v) is 16.8. The number of piperidine rings is 1. The molecule has 3 amide bonds. The van der Waals surface area contributed by atoms with E-state index in [1.54, 1.807) is 6.20 Å². The van der Waals surface area contributed by atoms with Gasteiger partial charge in [0.2, 0.25) is 0 Å². The Morgan fingerprint density at radius 2 is 1.93 bits per heavy atom. The zero-order valence-electron chi connectivity index (χ0n) is 16.0. The molecule has 0 saturated carbocycles. The highest BCUT2D eigenvalue weighted by Crippen LogP contribution is 2.39. The number of imide groups is 1. The number of hydrogen-bond acceptors (Lipinski definition) is 5. The molecule has 0 aromatic carbocycles. The zero-order chi connectivity index (χ0) is 18.9. The van der Waals surface area contributed by atoms with Crippen LogP contribution < -0.4 is 0 Å². The molecule has 0 unspecified atom stereocenters. The maximum absolute atomic E-state index is 13.4. The Balaban J connectivity index is 1.50. The third-order valence-corrected chi connectivity index (χ3v) is 7.37. The van der Waals surface area contributed by atoms with Crippen LogP contribution in [0.25, 0.3) is 0 Å². The summed E-state index contributed by atoms with van der Waals surface area (Å²) in [5.74, 6) is 2.45. The molecular weight excluding hydrogens is 360 g/mol. The number of rotatable bonds is 4. The number of thioether (sulfide) groups is 1. The summed E-state index contributed by atoms with van der Waals surface area (Å²) in [6.45, 7) is 4.62. The fourth-order valence-electron chi connectivity index (χ4n) is 4.81. The van der Waals surface area contributed by atoms with E-state index in [1.807, 2.05) is 41.8 Å². The number of likely N-dealkylation sites (tertiary alicyclic amines) is 1. The number of pyridine rings is 1. The molecule has 0 atom stereocenters. The Bertz CT molecular complexity index is 684. The van der Waals surface area contributed by atoms with E-state index >= 15 is 0 Å². The Kier molecular flexibility index (Phi) is 5.41. The van der Waals surface area contributed by atoms with E-state index < -0.39 is 5.54 Å². The first-order valence-electron chi connectivity index (χ1n) is 10.0. The van der Waals surface area contributed by atoms with Gasteiger partial charge in [0.05, 0.1) is 12.2 Å². The molecule has 3 aliphatic heterocycles. The fourth-order valence-corrected chi connectivity index (χ4v) is 5.89. The topological polar surface area (TPSA) is 56.8 Å². The summed E-state index contributed by atoms with van der Waals surface area (Å²) in [7, 11) is 0. The Labute approximate surface area is 165 Å². The first-order valence-corrected chi connectivity index (χ1v) is 11.2. The number of hydrogen-bond donors (Lipinski definition) is 0. The second kappa shape index (κ2) is 7.80. The third-order valence-electron chi connectivity index (χ3n) is 6.32. The molecular formula is C20H28N4O2S. The quantitative estimate of drug-likeness (QED) is 0.742. The molecule has 0 N–H and O–H groups in total. The number of carbonyl (C=O) groups is 2. The molecule has 3 aliphatic rings. The van der Waals surface area contributed by atoms with Crippen molar-refractivity contribution in [2.24, 2.45) is 0 Å². The standard InChI is InChI=1S/C20H28N4O2S/c1-2-24-19(26)23(15-16-5-3-4-10-21-16)18(25)20(24)8-11-22(12-9-20)17-6-13-27-14-7-17/h3-5,10,17H,2,6-9,11-15H2,1H3. The lowest BCUT2D eigenvalue weighted by molar-refractivity contribution is -0.136. The number of likely N-dealkylation sites (N-methyl/N-ethyl adjacent to an activating group) is 1. The lowest BCUT2D eigenvalue weighted by Crippen LogP contribution is -2.58.